The van der Waals surface area contributed by atoms with Gasteiger partial charge < -0.3 is 14.7 Å². The summed E-state index contributed by atoms with van der Waals surface area (Å²) in [5.74, 6) is 0. The quantitative estimate of drug-likeness (QED) is 0.680. The fraction of sp³-hybridized carbons (Fsp3) is 0.333. The zero-order valence-electron chi connectivity index (χ0n) is 14.6. The van der Waals surface area contributed by atoms with Gasteiger partial charge in [0.25, 0.3) is 0 Å². The van der Waals surface area contributed by atoms with Gasteiger partial charge in [-0.05, 0) is 50.5 Å². The molecule has 0 saturated heterocycles. The van der Waals surface area contributed by atoms with E-state index >= 15 is 0 Å². The van der Waals surface area contributed by atoms with Crippen LogP contribution in [0.5, 0.6) is 0 Å². The molecule has 0 aromatic heterocycles. The maximum Gasteiger partial charge on any atom is 0.215 e. The van der Waals surface area contributed by atoms with Crippen molar-refractivity contribution >= 4 is 28.0 Å². The Morgan fingerprint density at radius 3 is 1.43 bits per heavy atom. The van der Waals surface area contributed by atoms with Gasteiger partial charge in [-0.3, -0.25) is 0 Å². The van der Waals surface area contributed by atoms with E-state index in [1.54, 1.807) is 0 Å². The summed E-state index contributed by atoms with van der Waals surface area (Å²) in [6.07, 6.45) is 1.81. The number of anilines is 2. The number of nitrogens with one attached hydrogen (secondary N) is 2. The first-order valence-corrected chi connectivity index (χ1v) is 14.4. The topological polar surface area (TPSA) is 33.3 Å². The van der Waals surface area contributed by atoms with Crippen LogP contribution in [-0.4, -0.2) is 29.0 Å². The van der Waals surface area contributed by atoms with Crippen LogP contribution in [-0.2, 0) is 4.12 Å². The highest BCUT2D eigenvalue weighted by Crippen LogP contribution is 2.17. The summed E-state index contributed by atoms with van der Waals surface area (Å²) in [5.41, 5.74) is 2.32. The molecule has 3 nitrogen and oxygen atoms in total. The first-order valence-electron chi connectivity index (χ1n) is 8.14. The minimum Gasteiger partial charge on any atom is -0.453 e. The zero-order valence-corrected chi connectivity index (χ0v) is 16.6. The largest absolute Gasteiger partial charge is 0.453 e. The first kappa shape index (κ1) is 17.8. The predicted octanol–water partition coefficient (Wildman–Crippen LogP) is 4.72. The molecule has 0 radical (unpaired) electrons. The molecule has 0 aliphatic carbocycles. The second-order valence-electron chi connectivity index (χ2n) is 7.10. The van der Waals surface area contributed by atoms with Crippen LogP contribution in [0.3, 0.4) is 0 Å². The van der Waals surface area contributed by atoms with Gasteiger partial charge in [-0.1, -0.05) is 36.4 Å². The van der Waals surface area contributed by atoms with E-state index in [0.29, 0.717) is 0 Å². The third-order valence-electron chi connectivity index (χ3n) is 3.43. The molecule has 0 heterocycles. The van der Waals surface area contributed by atoms with Crippen molar-refractivity contribution in [1.82, 2.24) is 0 Å². The molecule has 2 aromatic rings. The molecule has 0 atom stereocenters. The Bertz CT molecular complexity index is 541. The molecule has 0 amide bonds. The maximum atomic E-state index is 6.62. The molecule has 0 aliphatic heterocycles. The summed E-state index contributed by atoms with van der Waals surface area (Å²) in [6.45, 7) is 9.12. The van der Waals surface area contributed by atoms with Crippen LogP contribution in [0.25, 0.3) is 0 Å². The van der Waals surface area contributed by atoms with E-state index in [2.05, 4.69) is 85.4 Å². The first-order chi connectivity index (χ1) is 10.9. The van der Waals surface area contributed by atoms with Gasteiger partial charge in [0.05, 0.1) is 0 Å². The molecule has 2 N–H and O–H groups in total. The standard InChI is InChI=1S/C18H28N2OSi2/c1-22(2,3)21-23(4,15-19-17-11-7-5-8-12-17)16-20-18-13-9-6-10-14-18/h5-14,19-20H,15-16H2,1-4H3. The van der Waals surface area contributed by atoms with Gasteiger partial charge in [-0.15, -0.1) is 0 Å². The minimum absolute atomic E-state index is 0.904. The molecule has 0 bridgehead atoms. The fourth-order valence-electron chi connectivity index (χ4n) is 2.56. The number of hydrogen-bond acceptors (Lipinski definition) is 3. The molecule has 0 unspecified atom stereocenters. The number of benzene rings is 2. The molecular weight excluding hydrogens is 316 g/mol. The molecule has 124 valence electrons. The van der Waals surface area contributed by atoms with Crippen molar-refractivity contribution in [3.63, 3.8) is 0 Å². The smallest absolute Gasteiger partial charge is 0.215 e. The lowest BCUT2D eigenvalue weighted by Gasteiger charge is -2.35. The Morgan fingerprint density at radius 2 is 1.09 bits per heavy atom. The van der Waals surface area contributed by atoms with Crippen LogP contribution in [0.15, 0.2) is 60.7 Å². The van der Waals surface area contributed by atoms with Crippen LogP contribution < -0.4 is 10.6 Å². The van der Waals surface area contributed by atoms with Crippen molar-refractivity contribution in [2.24, 2.45) is 0 Å². The SMILES string of the molecule is C[Si](C)(C)O[Si](C)(CNc1ccccc1)CNc1ccccc1. The molecule has 2 rings (SSSR count). The second-order valence-corrected chi connectivity index (χ2v) is 15.8. The van der Waals surface area contributed by atoms with Crippen molar-refractivity contribution in [2.45, 2.75) is 26.2 Å². The summed E-state index contributed by atoms with van der Waals surface area (Å²) in [7, 11) is -3.50. The Morgan fingerprint density at radius 1 is 0.696 bits per heavy atom. The minimum atomic E-state index is -1.91. The Kier molecular flexibility index (Phi) is 6.04. The summed E-state index contributed by atoms with van der Waals surface area (Å²) >= 11 is 0. The monoisotopic (exact) mass is 344 g/mol. The van der Waals surface area contributed by atoms with Crippen molar-refractivity contribution in [2.75, 3.05) is 23.0 Å². The van der Waals surface area contributed by atoms with E-state index in [1.807, 2.05) is 12.1 Å². The Hall–Kier alpha value is -1.57. The van der Waals surface area contributed by atoms with Gasteiger partial charge in [0.1, 0.15) is 0 Å². The lowest BCUT2D eigenvalue weighted by molar-refractivity contribution is 0.546. The molecule has 5 heteroatoms. The summed E-state index contributed by atoms with van der Waals surface area (Å²) in [4.78, 5) is 0. The van der Waals surface area contributed by atoms with Gasteiger partial charge in [0.2, 0.25) is 8.32 Å². The lowest BCUT2D eigenvalue weighted by Crippen LogP contribution is -2.55. The van der Waals surface area contributed by atoms with E-state index in [4.69, 9.17) is 4.12 Å². The third-order valence-corrected chi connectivity index (χ3v) is 9.70. The van der Waals surface area contributed by atoms with E-state index in [1.165, 1.54) is 0 Å². The Balaban J connectivity index is 2.02. The highest BCUT2D eigenvalue weighted by atomic mass is 28.4. The van der Waals surface area contributed by atoms with Gasteiger partial charge >= 0.3 is 0 Å². The van der Waals surface area contributed by atoms with E-state index in [0.717, 1.165) is 23.7 Å². The molecule has 0 saturated carbocycles. The van der Waals surface area contributed by atoms with Crippen LogP contribution in [0.1, 0.15) is 0 Å². The average Bonchev–Trinajstić information content (AvgIpc) is 2.52. The van der Waals surface area contributed by atoms with E-state index in [9.17, 15) is 0 Å². The molecule has 0 fully saturated rings. The highest BCUT2D eigenvalue weighted by Gasteiger charge is 2.34. The maximum absolute atomic E-state index is 6.62. The fourth-order valence-corrected chi connectivity index (χ4v) is 10.3. The van der Waals surface area contributed by atoms with Crippen molar-refractivity contribution in [1.29, 1.82) is 0 Å². The molecule has 0 spiro atoms. The summed E-state index contributed by atoms with van der Waals surface area (Å²) in [6, 6.07) is 20.7. The predicted molar refractivity (Wildman–Crippen MR) is 106 cm³/mol. The van der Waals surface area contributed by atoms with Crippen LogP contribution >= 0.6 is 0 Å². The van der Waals surface area contributed by atoms with E-state index < -0.39 is 16.6 Å². The normalized spacial score (nSPS) is 12.0. The second kappa shape index (κ2) is 7.81. The number of hydrogen-bond donors (Lipinski definition) is 2. The van der Waals surface area contributed by atoms with E-state index in [-0.39, 0.29) is 0 Å². The van der Waals surface area contributed by atoms with Crippen molar-refractivity contribution in [3.8, 4) is 0 Å². The Labute approximate surface area is 142 Å². The van der Waals surface area contributed by atoms with Gasteiger partial charge in [-0.2, -0.15) is 0 Å². The summed E-state index contributed by atoms with van der Waals surface area (Å²) in [5, 5.41) is 7.13. The van der Waals surface area contributed by atoms with Gasteiger partial charge in [-0.25, -0.2) is 0 Å². The average molecular weight is 345 g/mol. The number of para-hydroxylation sites is 2. The zero-order chi connectivity index (χ0) is 16.8. The van der Waals surface area contributed by atoms with Crippen molar-refractivity contribution in [3.05, 3.63) is 60.7 Å². The van der Waals surface area contributed by atoms with Gasteiger partial charge in [0.15, 0.2) is 8.32 Å². The molecule has 23 heavy (non-hydrogen) atoms. The molecule has 2 aromatic carbocycles. The molecule has 0 aliphatic rings. The number of rotatable bonds is 8. The van der Waals surface area contributed by atoms with Crippen LogP contribution in [0.4, 0.5) is 11.4 Å². The third kappa shape index (κ3) is 6.60. The summed E-state index contributed by atoms with van der Waals surface area (Å²) < 4.78 is 6.62. The lowest BCUT2D eigenvalue weighted by atomic mass is 10.3. The van der Waals surface area contributed by atoms with Crippen molar-refractivity contribution < 1.29 is 4.12 Å². The highest BCUT2D eigenvalue weighted by molar-refractivity contribution is 6.85. The van der Waals surface area contributed by atoms with Crippen LogP contribution in [0.2, 0.25) is 26.2 Å². The molecular formula is C18H28N2OSi2. The van der Waals surface area contributed by atoms with Gasteiger partial charge in [0, 0.05) is 23.7 Å². The van der Waals surface area contributed by atoms with Crippen LogP contribution in [0, 0.1) is 0 Å².